The van der Waals surface area contributed by atoms with Gasteiger partial charge < -0.3 is 24.3 Å². The van der Waals surface area contributed by atoms with Crippen molar-refractivity contribution < 1.29 is 14.4 Å². The Morgan fingerprint density at radius 2 is 1.55 bits per heavy atom. The fraction of sp³-hybridized carbons (Fsp3) is 0.480. The van der Waals surface area contributed by atoms with Crippen LogP contribution in [0.4, 0.5) is 11.4 Å². The van der Waals surface area contributed by atoms with Crippen LogP contribution >= 0.6 is 0 Å². The largest absolute Gasteiger partial charge is 0.492 e. The van der Waals surface area contributed by atoms with Gasteiger partial charge in [-0.1, -0.05) is 30.3 Å². The van der Waals surface area contributed by atoms with Gasteiger partial charge in [0.05, 0.1) is 38.5 Å². The third-order valence-corrected chi connectivity index (χ3v) is 6.61. The molecule has 2 aliphatic rings. The minimum Gasteiger partial charge on any atom is -0.492 e. The molecule has 166 valence electrons. The van der Waals surface area contributed by atoms with Crippen molar-refractivity contribution in [2.45, 2.75) is 19.9 Å². The van der Waals surface area contributed by atoms with Crippen LogP contribution in [0.25, 0.3) is 0 Å². The number of para-hydroxylation sites is 3. The van der Waals surface area contributed by atoms with Crippen LogP contribution in [0.3, 0.4) is 0 Å². The van der Waals surface area contributed by atoms with Crippen LogP contribution in [0.5, 0.6) is 5.75 Å². The van der Waals surface area contributed by atoms with E-state index in [1.807, 2.05) is 25.1 Å². The number of amides is 1. The molecule has 2 aliphatic heterocycles. The summed E-state index contributed by atoms with van der Waals surface area (Å²) in [7, 11) is 0. The summed E-state index contributed by atoms with van der Waals surface area (Å²) in [5, 5.41) is 0. The first kappa shape index (κ1) is 21.5. The van der Waals surface area contributed by atoms with E-state index in [-0.39, 0.29) is 6.04 Å². The van der Waals surface area contributed by atoms with E-state index in [4.69, 9.17) is 4.74 Å². The Hall–Kier alpha value is -2.73. The first-order valence-electron chi connectivity index (χ1n) is 11.6. The molecule has 2 aromatic carbocycles. The summed E-state index contributed by atoms with van der Waals surface area (Å²) in [4.78, 5) is 21.4. The molecule has 4 rings (SSSR count). The zero-order chi connectivity index (χ0) is 21.6. The van der Waals surface area contributed by atoms with Gasteiger partial charge in [0.2, 0.25) is 0 Å². The summed E-state index contributed by atoms with van der Waals surface area (Å²) >= 11 is 0. The van der Waals surface area contributed by atoms with E-state index in [1.54, 1.807) is 0 Å². The maximum absolute atomic E-state index is 13.2. The second-order valence-corrected chi connectivity index (χ2v) is 8.42. The molecular weight excluding hydrogens is 388 g/mol. The van der Waals surface area contributed by atoms with E-state index in [0.717, 1.165) is 58.1 Å². The van der Waals surface area contributed by atoms with Crippen molar-refractivity contribution in [3.05, 3.63) is 54.6 Å². The number of nitrogens with zero attached hydrogens (tertiary/aromatic N) is 3. The second-order valence-electron chi connectivity index (χ2n) is 8.42. The first-order valence-corrected chi connectivity index (χ1v) is 11.6. The number of benzene rings is 2. The lowest BCUT2D eigenvalue weighted by Gasteiger charge is -2.40. The number of carbonyl (C=O) groups is 1. The molecule has 1 amide bonds. The van der Waals surface area contributed by atoms with E-state index in [1.165, 1.54) is 16.3 Å². The van der Waals surface area contributed by atoms with Gasteiger partial charge in [0, 0.05) is 31.9 Å². The Kier molecular flexibility index (Phi) is 6.97. The van der Waals surface area contributed by atoms with Crippen molar-refractivity contribution in [1.82, 2.24) is 4.90 Å². The molecule has 1 N–H and O–H groups in total. The number of anilines is 2. The first-order chi connectivity index (χ1) is 15.2. The smallest absolute Gasteiger partial charge is 0.280 e. The van der Waals surface area contributed by atoms with Crippen molar-refractivity contribution >= 4 is 17.3 Å². The summed E-state index contributed by atoms with van der Waals surface area (Å²) in [6.45, 7) is 12.0. The molecule has 31 heavy (non-hydrogen) atoms. The van der Waals surface area contributed by atoms with Crippen LogP contribution in [-0.4, -0.2) is 75.8 Å². The lowest BCUT2D eigenvalue weighted by atomic mass is 10.1. The topological polar surface area (TPSA) is 40.5 Å². The highest BCUT2D eigenvalue weighted by Gasteiger charge is 2.33. The number of ether oxygens (including phenoxy) is 1. The van der Waals surface area contributed by atoms with Crippen LogP contribution < -0.4 is 19.4 Å². The minimum atomic E-state index is 0.00700. The highest BCUT2D eigenvalue weighted by atomic mass is 16.5. The standard InChI is InChI=1S/C25H34N4O2/c1-3-31-24-12-8-7-11-23(24)28-17-13-26(14-18-28)21(2)25(30)29-19-15-27(16-20-29)22-9-5-4-6-10-22/h4-12,21H,3,13-20H2,1-2H3/p+1/t21-/m1/s1. The van der Waals surface area contributed by atoms with Gasteiger partial charge in [-0.15, -0.1) is 0 Å². The van der Waals surface area contributed by atoms with Crippen LogP contribution in [0.2, 0.25) is 0 Å². The molecule has 1 atom stereocenters. The van der Waals surface area contributed by atoms with Gasteiger partial charge in [-0.2, -0.15) is 0 Å². The van der Waals surface area contributed by atoms with Gasteiger partial charge in [-0.05, 0) is 38.1 Å². The molecule has 0 aliphatic carbocycles. The van der Waals surface area contributed by atoms with E-state index < -0.39 is 0 Å². The summed E-state index contributed by atoms with van der Waals surface area (Å²) in [5.41, 5.74) is 2.41. The zero-order valence-electron chi connectivity index (χ0n) is 18.8. The maximum atomic E-state index is 13.2. The van der Waals surface area contributed by atoms with Crippen LogP contribution in [0, 0.1) is 0 Å². The third kappa shape index (κ3) is 4.96. The molecule has 0 radical (unpaired) electrons. The van der Waals surface area contributed by atoms with Crippen molar-refractivity contribution in [3.8, 4) is 5.75 Å². The normalized spacial score (nSPS) is 18.7. The zero-order valence-corrected chi connectivity index (χ0v) is 18.8. The van der Waals surface area contributed by atoms with E-state index in [9.17, 15) is 4.79 Å². The Labute approximate surface area is 186 Å². The summed E-state index contributed by atoms with van der Waals surface area (Å²) in [6, 6.07) is 18.8. The van der Waals surface area contributed by atoms with E-state index >= 15 is 0 Å². The van der Waals surface area contributed by atoms with Crippen molar-refractivity contribution in [3.63, 3.8) is 0 Å². The summed E-state index contributed by atoms with van der Waals surface area (Å²) in [5.74, 6) is 1.25. The molecule has 6 heteroatoms. The molecular formula is C25H35N4O2+. The average molecular weight is 424 g/mol. The second kappa shape index (κ2) is 10.1. The van der Waals surface area contributed by atoms with Gasteiger partial charge >= 0.3 is 0 Å². The minimum absolute atomic E-state index is 0.00700. The summed E-state index contributed by atoms with van der Waals surface area (Å²) < 4.78 is 5.81. The molecule has 0 spiro atoms. The number of quaternary nitrogens is 1. The molecule has 2 aromatic rings. The Morgan fingerprint density at radius 3 is 2.23 bits per heavy atom. The lowest BCUT2D eigenvalue weighted by molar-refractivity contribution is -0.915. The number of nitrogens with one attached hydrogen (secondary N) is 1. The third-order valence-electron chi connectivity index (χ3n) is 6.61. The summed E-state index contributed by atoms with van der Waals surface area (Å²) in [6.07, 6.45) is 0. The van der Waals surface area contributed by atoms with E-state index in [2.05, 4.69) is 58.0 Å². The fourth-order valence-electron chi connectivity index (χ4n) is 4.74. The van der Waals surface area contributed by atoms with Gasteiger partial charge in [0.1, 0.15) is 5.75 Å². The molecule has 0 saturated carbocycles. The highest BCUT2D eigenvalue weighted by molar-refractivity contribution is 5.80. The highest BCUT2D eigenvalue weighted by Crippen LogP contribution is 2.27. The number of carbonyl (C=O) groups excluding carboxylic acids is 1. The van der Waals surface area contributed by atoms with Crippen molar-refractivity contribution in [1.29, 1.82) is 0 Å². The van der Waals surface area contributed by atoms with Crippen LogP contribution in [-0.2, 0) is 4.79 Å². The predicted octanol–water partition coefficient (Wildman–Crippen LogP) is 1.53. The van der Waals surface area contributed by atoms with Gasteiger partial charge in [0.15, 0.2) is 6.04 Å². The average Bonchev–Trinajstić information content (AvgIpc) is 2.84. The number of piperazine rings is 2. The quantitative estimate of drug-likeness (QED) is 0.765. The molecule has 0 bridgehead atoms. The molecule has 2 fully saturated rings. The molecule has 0 aromatic heterocycles. The number of hydrogen-bond donors (Lipinski definition) is 1. The van der Waals surface area contributed by atoms with Gasteiger partial charge in [-0.3, -0.25) is 4.79 Å². The van der Waals surface area contributed by atoms with Crippen molar-refractivity contribution in [2.75, 3.05) is 68.8 Å². The predicted molar refractivity (Wildman–Crippen MR) is 125 cm³/mol. The molecule has 0 unspecified atom stereocenters. The number of rotatable bonds is 6. The van der Waals surface area contributed by atoms with Crippen molar-refractivity contribution in [2.24, 2.45) is 0 Å². The Balaban J connectivity index is 1.29. The van der Waals surface area contributed by atoms with Crippen LogP contribution in [0.1, 0.15) is 13.8 Å². The Morgan fingerprint density at radius 1 is 0.903 bits per heavy atom. The van der Waals surface area contributed by atoms with Gasteiger partial charge in [-0.25, -0.2) is 0 Å². The number of hydrogen-bond acceptors (Lipinski definition) is 4. The molecule has 2 heterocycles. The van der Waals surface area contributed by atoms with E-state index in [0.29, 0.717) is 12.5 Å². The monoisotopic (exact) mass is 423 g/mol. The molecule has 2 saturated heterocycles. The SMILES string of the molecule is CCOc1ccccc1N1CC[NH+]([C@H](C)C(=O)N2CCN(c3ccccc3)CC2)CC1. The Bertz CT molecular complexity index is 844. The molecule has 6 nitrogen and oxygen atoms in total. The van der Waals surface area contributed by atoms with Gasteiger partial charge in [0.25, 0.3) is 5.91 Å². The fourth-order valence-corrected chi connectivity index (χ4v) is 4.74. The maximum Gasteiger partial charge on any atom is 0.280 e. The lowest BCUT2D eigenvalue weighted by Crippen LogP contribution is -3.19. The van der Waals surface area contributed by atoms with Crippen LogP contribution in [0.15, 0.2) is 54.6 Å².